The van der Waals surface area contributed by atoms with Crippen LogP contribution in [0.2, 0.25) is 10.0 Å². The van der Waals surface area contributed by atoms with Crippen molar-refractivity contribution in [3.63, 3.8) is 0 Å². The van der Waals surface area contributed by atoms with Crippen LogP contribution in [0.1, 0.15) is 11.1 Å². The van der Waals surface area contributed by atoms with Gasteiger partial charge in [-0.3, -0.25) is 0 Å². The van der Waals surface area contributed by atoms with Crippen LogP contribution in [0.3, 0.4) is 0 Å². The molecular weight excluding hydrogens is 315 g/mol. The lowest BCUT2D eigenvalue weighted by Crippen LogP contribution is -2.48. The summed E-state index contributed by atoms with van der Waals surface area (Å²) in [6.07, 6.45) is 0. The fraction of sp³-hybridized carbons (Fsp3) is 0.333. The molecule has 3 rings (SSSR count). The standard InChI is InChI=1S/C18H20Cl2N2/c1-13-2-4-14(5-3-13)11-22(12-15-9-21-10-15)16-6-7-17(19)18(20)8-16/h2-8,15,21H,9-12H2,1H3. The van der Waals surface area contributed by atoms with Crippen molar-refractivity contribution in [3.05, 3.63) is 63.6 Å². The molecule has 0 aliphatic carbocycles. The number of rotatable bonds is 5. The van der Waals surface area contributed by atoms with Crippen LogP contribution in [-0.2, 0) is 6.54 Å². The Bertz CT molecular complexity index is 636. The van der Waals surface area contributed by atoms with Gasteiger partial charge in [0.2, 0.25) is 0 Å². The van der Waals surface area contributed by atoms with Gasteiger partial charge >= 0.3 is 0 Å². The van der Waals surface area contributed by atoms with Crippen molar-refractivity contribution in [3.8, 4) is 0 Å². The number of benzene rings is 2. The molecular formula is C18H20Cl2N2. The molecule has 0 aromatic heterocycles. The molecule has 0 amide bonds. The maximum absolute atomic E-state index is 6.20. The Morgan fingerprint density at radius 2 is 1.77 bits per heavy atom. The van der Waals surface area contributed by atoms with Crippen LogP contribution in [0, 0.1) is 12.8 Å². The topological polar surface area (TPSA) is 15.3 Å². The number of nitrogens with one attached hydrogen (secondary N) is 1. The van der Waals surface area contributed by atoms with Crippen molar-refractivity contribution in [2.75, 3.05) is 24.5 Å². The number of nitrogens with zero attached hydrogens (tertiary/aromatic N) is 1. The van der Waals surface area contributed by atoms with Crippen LogP contribution < -0.4 is 10.2 Å². The van der Waals surface area contributed by atoms with Gasteiger partial charge in [-0.2, -0.15) is 0 Å². The van der Waals surface area contributed by atoms with E-state index >= 15 is 0 Å². The predicted molar refractivity (Wildman–Crippen MR) is 95.1 cm³/mol. The molecule has 1 N–H and O–H groups in total. The summed E-state index contributed by atoms with van der Waals surface area (Å²) in [6.45, 7) is 6.20. The maximum Gasteiger partial charge on any atom is 0.0612 e. The Morgan fingerprint density at radius 1 is 1.05 bits per heavy atom. The van der Waals surface area contributed by atoms with E-state index in [1.165, 1.54) is 11.1 Å². The smallest absolute Gasteiger partial charge is 0.0612 e. The van der Waals surface area contributed by atoms with Crippen molar-refractivity contribution in [2.24, 2.45) is 5.92 Å². The summed E-state index contributed by atoms with van der Waals surface area (Å²) in [5.74, 6) is 0.694. The number of anilines is 1. The average molecular weight is 335 g/mol. The van der Waals surface area contributed by atoms with E-state index in [2.05, 4.69) is 47.5 Å². The summed E-state index contributed by atoms with van der Waals surface area (Å²) in [5.41, 5.74) is 3.72. The minimum Gasteiger partial charge on any atom is -0.367 e. The number of aryl methyl sites for hydroxylation is 1. The monoisotopic (exact) mass is 334 g/mol. The van der Waals surface area contributed by atoms with E-state index in [-0.39, 0.29) is 0 Å². The van der Waals surface area contributed by atoms with Crippen LogP contribution in [0.5, 0.6) is 0 Å². The zero-order valence-corrected chi connectivity index (χ0v) is 14.2. The molecule has 1 saturated heterocycles. The van der Waals surface area contributed by atoms with Crippen molar-refractivity contribution in [1.29, 1.82) is 0 Å². The third-order valence-electron chi connectivity index (χ3n) is 4.11. The molecule has 4 heteroatoms. The highest BCUT2D eigenvalue weighted by molar-refractivity contribution is 6.42. The van der Waals surface area contributed by atoms with Gasteiger partial charge in [0.1, 0.15) is 0 Å². The molecule has 0 atom stereocenters. The van der Waals surface area contributed by atoms with Gasteiger partial charge in [0.25, 0.3) is 0 Å². The first-order chi connectivity index (χ1) is 10.6. The number of hydrogen-bond acceptors (Lipinski definition) is 2. The van der Waals surface area contributed by atoms with E-state index in [0.29, 0.717) is 16.0 Å². The molecule has 2 aromatic carbocycles. The lowest BCUT2D eigenvalue weighted by Gasteiger charge is -2.34. The van der Waals surface area contributed by atoms with E-state index in [4.69, 9.17) is 23.2 Å². The summed E-state index contributed by atoms with van der Waals surface area (Å²) in [5, 5.41) is 4.55. The number of hydrogen-bond donors (Lipinski definition) is 1. The van der Waals surface area contributed by atoms with Crippen LogP contribution >= 0.6 is 23.2 Å². The van der Waals surface area contributed by atoms with Crippen molar-refractivity contribution in [2.45, 2.75) is 13.5 Å². The molecule has 1 aliphatic heterocycles. The molecule has 1 heterocycles. The van der Waals surface area contributed by atoms with Crippen LogP contribution in [0.4, 0.5) is 5.69 Å². The van der Waals surface area contributed by atoms with Gasteiger partial charge in [-0.15, -0.1) is 0 Å². The Balaban J connectivity index is 1.81. The summed E-state index contributed by atoms with van der Waals surface area (Å²) in [7, 11) is 0. The maximum atomic E-state index is 6.20. The molecule has 1 fully saturated rings. The molecule has 0 radical (unpaired) electrons. The second-order valence-corrected chi connectivity index (χ2v) is 6.80. The molecule has 0 saturated carbocycles. The van der Waals surface area contributed by atoms with Gasteiger partial charge in [0, 0.05) is 37.8 Å². The lowest BCUT2D eigenvalue weighted by molar-refractivity contribution is 0.348. The summed E-state index contributed by atoms with van der Waals surface area (Å²) in [4.78, 5) is 2.39. The normalized spacial score (nSPS) is 14.7. The highest BCUT2D eigenvalue weighted by Gasteiger charge is 2.21. The first kappa shape index (κ1) is 15.7. The third-order valence-corrected chi connectivity index (χ3v) is 4.85. The van der Waals surface area contributed by atoms with E-state index in [9.17, 15) is 0 Å². The van der Waals surface area contributed by atoms with Gasteiger partial charge in [0.05, 0.1) is 10.0 Å². The average Bonchev–Trinajstić information content (AvgIpc) is 2.46. The second-order valence-electron chi connectivity index (χ2n) is 5.99. The zero-order chi connectivity index (χ0) is 15.5. The van der Waals surface area contributed by atoms with Crippen LogP contribution in [0.25, 0.3) is 0 Å². The summed E-state index contributed by atoms with van der Waals surface area (Å²) >= 11 is 12.2. The Morgan fingerprint density at radius 3 is 2.36 bits per heavy atom. The fourth-order valence-corrected chi connectivity index (χ4v) is 2.94. The molecule has 1 aliphatic rings. The summed E-state index contributed by atoms with van der Waals surface area (Å²) < 4.78 is 0. The highest BCUT2D eigenvalue weighted by atomic mass is 35.5. The van der Waals surface area contributed by atoms with E-state index in [1.807, 2.05) is 12.1 Å². The summed E-state index contributed by atoms with van der Waals surface area (Å²) in [6, 6.07) is 14.6. The second kappa shape index (κ2) is 6.91. The lowest BCUT2D eigenvalue weighted by atomic mass is 10.0. The van der Waals surface area contributed by atoms with Crippen LogP contribution in [-0.4, -0.2) is 19.6 Å². The Hall–Kier alpha value is -1.22. The Kier molecular flexibility index (Phi) is 4.92. The minimum atomic E-state index is 0.603. The quantitative estimate of drug-likeness (QED) is 0.864. The van der Waals surface area contributed by atoms with Gasteiger partial charge in [-0.05, 0) is 30.7 Å². The minimum absolute atomic E-state index is 0.603. The molecule has 116 valence electrons. The van der Waals surface area contributed by atoms with E-state index in [1.54, 1.807) is 0 Å². The van der Waals surface area contributed by atoms with Gasteiger partial charge in [0.15, 0.2) is 0 Å². The van der Waals surface area contributed by atoms with Crippen LogP contribution in [0.15, 0.2) is 42.5 Å². The molecule has 2 aromatic rings. The van der Waals surface area contributed by atoms with Crippen molar-refractivity contribution >= 4 is 28.9 Å². The van der Waals surface area contributed by atoms with Crippen molar-refractivity contribution in [1.82, 2.24) is 5.32 Å². The predicted octanol–water partition coefficient (Wildman–Crippen LogP) is 4.53. The Labute approximate surface area is 142 Å². The molecule has 0 unspecified atom stereocenters. The van der Waals surface area contributed by atoms with Gasteiger partial charge < -0.3 is 10.2 Å². The van der Waals surface area contributed by atoms with E-state index < -0.39 is 0 Å². The zero-order valence-electron chi connectivity index (χ0n) is 12.7. The molecule has 0 spiro atoms. The SMILES string of the molecule is Cc1ccc(CN(CC2CNC2)c2ccc(Cl)c(Cl)c2)cc1. The van der Waals surface area contributed by atoms with Gasteiger partial charge in [-0.1, -0.05) is 53.0 Å². The highest BCUT2D eigenvalue weighted by Crippen LogP contribution is 2.29. The van der Waals surface area contributed by atoms with E-state index in [0.717, 1.165) is 31.9 Å². The first-order valence-electron chi connectivity index (χ1n) is 7.58. The molecule has 0 bridgehead atoms. The molecule has 2 nitrogen and oxygen atoms in total. The largest absolute Gasteiger partial charge is 0.367 e. The van der Waals surface area contributed by atoms with Crippen molar-refractivity contribution < 1.29 is 0 Å². The van der Waals surface area contributed by atoms with Gasteiger partial charge in [-0.25, -0.2) is 0 Å². The fourth-order valence-electron chi connectivity index (χ4n) is 2.65. The third kappa shape index (κ3) is 3.75. The number of halogens is 2. The first-order valence-corrected chi connectivity index (χ1v) is 8.33. The molecule has 22 heavy (non-hydrogen) atoms.